The van der Waals surface area contributed by atoms with E-state index in [0.717, 1.165) is 41.6 Å². The normalized spacial score (nSPS) is 15.6. The third-order valence-corrected chi connectivity index (χ3v) is 4.70. The fourth-order valence-electron chi connectivity index (χ4n) is 3.32. The molecule has 6 nitrogen and oxygen atoms in total. The Morgan fingerprint density at radius 1 is 1.11 bits per heavy atom. The van der Waals surface area contributed by atoms with Gasteiger partial charge >= 0.3 is 6.03 Å². The average Bonchev–Trinajstić information content (AvgIpc) is 2.73. The molecule has 27 heavy (non-hydrogen) atoms. The highest BCUT2D eigenvalue weighted by molar-refractivity contribution is 5.74. The van der Waals surface area contributed by atoms with Crippen LogP contribution >= 0.6 is 0 Å². The van der Waals surface area contributed by atoms with E-state index in [1.165, 1.54) is 0 Å². The Morgan fingerprint density at radius 2 is 2.00 bits per heavy atom. The first-order valence-electron chi connectivity index (χ1n) is 9.14. The maximum atomic E-state index is 12.3. The van der Waals surface area contributed by atoms with Crippen LogP contribution in [0.3, 0.4) is 0 Å². The number of pyridine rings is 1. The zero-order chi connectivity index (χ0) is 18.5. The largest absolute Gasteiger partial charge is 0.334 e. The van der Waals surface area contributed by atoms with Crippen LogP contribution in [0.15, 0.2) is 61.1 Å². The summed E-state index contributed by atoms with van der Waals surface area (Å²) in [5.41, 5.74) is 3.98. The van der Waals surface area contributed by atoms with Crippen molar-refractivity contribution in [3.8, 4) is 11.4 Å². The molecule has 3 aromatic rings. The van der Waals surface area contributed by atoms with E-state index in [4.69, 9.17) is 4.98 Å². The van der Waals surface area contributed by atoms with Gasteiger partial charge in [0.1, 0.15) is 0 Å². The van der Waals surface area contributed by atoms with Gasteiger partial charge in [-0.25, -0.2) is 14.8 Å². The van der Waals surface area contributed by atoms with Gasteiger partial charge in [-0.15, -0.1) is 0 Å². The molecule has 1 aromatic carbocycles. The number of fused-ring (bicyclic) bond motifs is 1. The monoisotopic (exact) mass is 359 g/mol. The van der Waals surface area contributed by atoms with Crippen LogP contribution in [-0.2, 0) is 13.0 Å². The van der Waals surface area contributed by atoms with Crippen LogP contribution in [0.4, 0.5) is 4.79 Å². The van der Waals surface area contributed by atoms with Crippen molar-refractivity contribution < 1.29 is 4.79 Å². The maximum Gasteiger partial charge on any atom is 0.315 e. The summed E-state index contributed by atoms with van der Waals surface area (Å²) in [5.74, 6) is 0.677. The van der Waals surface area contributed by atoms with E-state index in [1.807, 2.05) is 48.7 Å². The number of hydrogen-bond acceptors (Lipinski definition) is 4. The van der Waals surface area contributed by atoms with Crippen LogP contribution in [0.2, 0.25) is 0 Å². The van der Waals surface area contributed by atoms with Gasteiger partial charge in [-0.3, -0.25) is 4.98 Å². The zero-order valence-electron chi connectivity index (χ0n) is 14.9. The van der Waals surface area contributed by atoms with Gasteiger partial charge in [-0.05, 0) is 37.0 Å². The molecule has 0 fully saturated rings. The van der Waals surface area contributed by atoms with E-state index < -0.39 is 0 Å². The summed E-state index contributed by atoms with van der Waals surface area (Å²) >= 11 is 0. The fraction of sp³-hybridized carbons (Fsp3) is 0.238. The molecule has 0 bridgehead atoms. The summed E-state index contributed by atoms with van der Waals surface area (Å²) in [4.78, 5) is 25.6. The number of aryl methyl sites for hydroxylation is 1. The second kappa shape index (κ2) is 7.95. The van der Waals surface area contributed by atoms with Gasteiger partial charge in [0, 0.05) is 42.0 Å². The molecular formula is C21H21N5O. The zero-order valence-corrected chi connectivity index (χ0v) is 14.9. The van der Waals surface area contributed by atoms with Crippen molar-refractivity contribution in [2.45, 2.75) is 31.8 Å². The number of nitrogens with zero attached hydrogens (tertiary/aromatic N) is 3. The van der Waals surface area contributed by atoms with Crippen LogP contribution in [0, 0.1) is 0 Å². The lowest BCUT2D eigenvalue weighted by Gasteiger charge is -2.25. The Balaban J connectivity index is 1.44. The van der Waals surface area contributed by atoms with E-state index in [2.05, 4.69) is 20.6 Å². The Labute approximate surface area is 158 Å². The number of amides is 2. The first kappa shape index (κ1) is 17.1. The fourth-order valence-corrected chi connectivity index (χ4v) is 3.32. The van der Waals surface area contributed by atoms with E-state index in [-0.39, 0.29) is 12.1 Å². The van der Waals surface area contributed by atoms with Crippen molar-refractivity contribution in [2.75, 3.05) is 0 Å². The van der Waals surface area contributed by atoms with Crippen LogP contribution in [0.5, 0.6) is 0 Å². The van der Waals surface area contributed by atoms with Crippen molar-refractivity contribution in [1.29, 1.82) is 0 Å². The number of hydrogen-bond donors (Lipinski definition) is 2. The van der Waals surface area contributed by atoms with Crippen LogP contribution in [-0.4, -0.2) is 21.0 Å². The quantitative estimate of drug-likeness (QED) is 0.748. The summed E-state index contributed by atoms with van der Waals surface area (Å²) in [6, 6.07) is 13.5. The van der Waals surface area contributed by atoms with Gasteiger partial charge < -0.3 is 10.6 Å². The predicted octanol–water partition coefficient (Wildman–Crippen LogP) is 3.42. The lowest BCUT2D eigenvalue weighted by molar-refractivity contribution is 0.235. The second-order valence-corrected chi connectivity index (χ2v) is 6.59. The molecule has 6 heteroatoms. The highest BCUT2D eigenvalue weighted by atomic mass is 16.2. The molecule has 4 rings (SSSR count). The van der Waals surface area contributed by atoms with Gasteiger partial charge in [0.25, 0.3) is 0 Å². The van der Waals surface area contributed by atoms with Crippen molar-refractivity contribution in [3.05, 3.63) is 77.9 Å². The molecular weight excluding hydrogens is 338 g/mol. The third kappa shape index (κ3) is 4.11. The SMILES string of the molecule is O=C(NCc1ccccc1)N[C@H]1CCCc2nc(-c3cccnc3)ncc21. The third-order valence-electron chi connectivity index (χ3n) is 4.70. The Kier molecular flexibility index (Phi) is 5.05. The number of carbonyl (C=O) groups excluding carboxylic acids is 1. The number of aromatic nitrogens is 3. The summed E-state index contributed by atoms with van der Waals surface area (Å²) < 4.78 is 0. The summed E-state index contributed by atoms with van der Waals surface area (Å²) in [6.07, 6.45) is 8.11. The standard InChI is InChI=1S/C21H21N5O/c27-21(24-12-15-6-2-1-3-7-15)26-19-10-4-9-18-17(19)14-23-20(25-18)16-8-5-11-22-13-16/h1-3,5-8,11,13-14,19H,4,9-10,12H2,(H2,24,26,27)/t19-/m0/s1. The summed E-state index contributed by atoms with van der Waals surface area (Å²) in [7, 11) is 0. The molecule has 2 N–H and O–H groups in total. The second-order valence-electron chi connectivity index (χ2n) is 6.59. The highest BCUT2D eigenvalue weighted by Gasteiger charge is 2.24. The van der Waals surface area contributed by atoms with Crippen LogP contribution < -0.4 is 10.6 Å². The minimum absolute atomic E-state index is 0.0625. The molecule has 2 amide bonds. The number of carbonyl (C=O) groups is 1. The highest BCUT2D eigenvalue weighted by Crippen LogP contribution is 2.29. The van der Waals surface area contributed by atoms with Crippen molar-refractivity contribution in [3.63, 3.8) is 0 Å². The minimum atomic E-state index is -0.173. The average molecular weight is 359 g/mol. The predicted molar refractivity (Wildman–Crippen MR) is 103 cm³/mol. The lowest BCUT2D eigenvalue weighted by Crippen LogP contribution is -2.39. The molecule has 0 radical (unpaired) electrons. The van der Waals surface area contributed by atoms with E-state index >= 15 is 0 Å². The van der Waals surface area contributed by atoms with Gasteiger partial charge in [0.2, 0.25) is 0 Å². The number of urea groups is 1. The molecule has 0 spiro atoms. The molecule has 0 saturated heterocycles. The molecule has 0 unspecified atom stereocenters. The molecule has 2 aromatic heterocycles. The van der Waals surface area contributed by atoms with Crippen molar-refractivity contribution >= 4 is 6.03 Å². The van der Waals surface area contributed by atoms with Gasteiger partial charge in [-0.1, -0.05) is 30.3 Å². The Bertz CT molecular complexity index is 914. The molecule has 0 saturated carbocycles. The molecule has 1 aliphatic rings. The van der Waals surface area contributed by atoms with Crippen LogP contribution in [0.1, 0.15) is 35.7 Å². The maximum absolute atomic E-state index is 12.3. The smallest absolute Gasteiger partial charge is 0.315 e. The number of nitrogens with one attached hydrogen (secondary N) is 2. The van der Waals surface area contributed by atoms with E-state index in [1.54, 1.807) is 12.4 Å². The van der Waals surface area contributed by atoms with E-state index in [0.29, 0.717) is 12.4 Å². The lowest BCUT2D eigenvalue weighted by atomic mass is 9.92. The Hall–Kier alpha value is -3.28. The first-order valence-corrected chi connectivity index (χ1v) is 9.14. The number of rotatable bonds is 4. The molecule has 1 atom stereocenters. The molecule has 136 valence electrons. The molecule has 2 heterocycles. The molecule has 1 aliphatic carbocycles. The Morgan fingerprint density at radius 3 is 2.81 bits per heavy atom. The van der Waals surface area contributed by atoms with Gasteiger partial charge in [-0.2, -0.15) is 0 Å². The molecule has 0 aliphatic heterocycles. The topological polar surface area (TPSA) is 79.8 Å². The van der Waals surface area contributed by atoms with E-state index in [9.17, 15) is 4.79 Å². The number of benzene rings is 1. The van der Waals surface area contributed by atoms with Gasteiger partial charge in [0.05, 0.1) is 6.04 Å². The summed E-state index contributed by atoms with van der Waals surface area (Å²) in [6.45, 7) is 0.503. The first-order chi connectivity index (χ1) is 13.3. The van der Waals surface area contributed by atoms with Crippen LogP contribution in [0.25, 0.3) is 11.4 Å². The van der Waals surface area contributed by atoms with Crippen molar-refractivity contribution in [2.24, 2.45) is 0 Å². The van der Waals surface area contributed by atoms with Gasteiger partial charge in [0.15, 0.2) is 5.82 Å². The van der Waals surface area contributed by atoms with Crippen molar-refractivity contribution in [1.82, 2.24) is 25.6 Å². The summed E-state index contributed by atoms with van der Waals surface area (Å²) in [5, 5.41) is 5.98. The minimum Gasteiger partial charge on any atom is -0.334 e.